The van der Waals surface area contributed by atoms with Crippen LogP contribution in [0.15, 0.2) is 102 Å². The molecule has 2 aromatic heterocycles. The standard InChI is InChI=1S/C29H27N3O3/c1-2-35-27(33)19-18-25-28(30-26-17-9-10-21-32(26)29(25)34)31(22-24-14-7-4-8-15-24)20-11-16-23-12-5-3-6-13-23/h3-19,21H,2,20,22H2,1H3/b16-11+,19-18+. The van der Waals surface area contributed by atoms with Gasteiger partial charge in [0.15, 0.2) is 0 Å². The van der Waals surface area contributed by atoms with Crippen molar-refractivity contribution in [1.82, 2.24) is 9.38 Å². The zero-order chi connectivity index (χ0) is 24.5. The summed E-state index contributed by atoms with van der Waals surface area (Å²) in [5.74, 6) is -0.00194. The second kappa shape index (κ2) is 11.6. The van der Waals surface area contributed by atoms with Crippen LogP contribution in [0.3, 0.4) is 0 Å². The summed E-state index contributed by atoms with van der Waals surface area (Å²) < 4.78 is 6.50. The number of carbonyl (C=O) groups is 1. The molecule has 2 aromatic carbocycles. The number of aromatic nitrogens is 2. The molecule has 0 saturated heterocycles. The molecule has 0 bridgehead atoms. The molecule has 0 aliphatic rings. The topological polar surface area (TPSA) is 63.9 Å². The van der Waals surface area contributed by atoms with E-state index in [0.717, 1.165) is 11.1 Å². The SMILES string of the molecule is CCOC(=O)/C=C/c1c(N(C/C=C/c2ccccc2)Cc2ccccc2)nc2ccccn2c1=O. The molecule has 0 amide bonds. The molecule has 6 nitrogen and oxygen atoms in total. The molecule has 0 spiro atoms. The Morgan fingerprint density at radius 1 is 0.971 bits per heavy atom. The Kier molecular flexibility index (Phi) is 7.86. The zero-order valence-electron chi connectivity index (χ0n) is 19.6. The fourth-order valence-electron chi connectivity index (χ4n) is 3.73. The molecule has 0 N–H and O–H groups in total. The summed E-state index contributed by atoms with van der Waals surface area (Å²) in [6, 6.07) is 25.5. The molecular weight excluding hydrogens is 438 g/mol. The van der Waals surface area contributed by atoms with Crippen LogP contribution in [0.2, 0.25) is 0 Å². The van der Waals surface area contributed by atoms with E-state index in [-0.39, 0.29) is 12.2 Å². The second-order valence-corrected chi connectivity index (χ2v) is 7.85. The highest BCUT2D eigenvalue weighted by atomic mass is 16.5. The summed E-state index contributed by atoms with van der Waals surface area (Å²) in [7, 11) is 0. The average molecular weight is 466 g/mol. The minimum absolute atomic E-state index is 0.253. The lowest BCUT2D eigenvalue weighted by Gasteiger charge is -2.24. The van der Waals surface area contributed by atoms with E-state index in [1.165, 1.54) is 16.6 Å². The van der Waals surface area contributed by atoms with Crippen molar-refractivity contribution >= 4 is 29.6 Å². The van der Waals surface area contributed by atoms with Crippen LogP contribution in [0.1, 0.15) is 23.6 Å². The van der Waals surface area contributed by atoms with Crippen LogP contribution >= 0.6 is 0 Å². The quantitative estimate of drug-likeness (QED) is 0.257. The van der Waals surface area contributed by atoms with Gasteiger partial charge in [0.1, 0.15) is 11.5 Å². The van der Waals surface area contributed by atoms with Crippen molar-refractivity contribution in [2.45, 2.75) is 13.5 Å². The zero-order valence-corrected chi connectivity index (χ0v) is 19.6. The summed E-state index contributed by atoms with van der Waals surface area (Å²) in [4.78, 5) is 32.3. The molecule has 35 heavy (non-hydrogen) atoms. The van der Waals surface area contributed by atoms with Crippen LogP contribution in [-0.4, -0.2) is 28.5 Å². The van der Waals surface area contributed by atoms with Gasteiger partial charge in [-0.05, 0) is 36.3 Å². The van der Waals surface area contributed by atoms with Gasteiger partial charge < -0.3 is 9.64 Å². The number of benzene rings is 2. The molecule has 6 heteroatoms. The molecule has 0 atom stereocenters. The summed E-state index contributed by atoms with van der Waals surface area (Å²) in [5.41, 5.74) is 2.77. The van der Waals surface area contributed by atoms with Crippen molar-refractivity contribution in [3.63, 3.8) is 0 Å². The third-order valence-corrected chi connectivity index (χ3v) is 5.37. The van der Waals surface area contributed by atoms with Gasteiger partial charge in [-0.3, -0.25) is 9.20 Å². The number of pyridine rings is 1. The molecular formula is C29H27N3O3. The van der Waals surface area contributed by atoms with Crippen LogP contribution in [0.4, 0.5) is 5.82 Å². The van der Waals surface area contributed by atoms with E-state index in [4.69, 9.17) is 9.72 Å². The maximum atomic E-state index is 13.4. The fraction of sp³-hybridized carbons (Fsp3) is 0.138. The Balaban J connectivity index is 1.79. The number of rotatable bonds is 9. The minimum Gasteiger partial charge on any atom is -0.463 e. The highest BCUT2D eigenvalue weighted by molar-refractivity contribution is 5.88. The van der Waals surface area contributed by atoms with Crippen molar-refractivity contribution in [2.24, 2.45) is 0 Å². The predicted molar refractivity (Wildman–Crippen MR) is 140 cm³/mol. The molecule has 0 aliphatic heterocycles. The Hall–Kier alpha value is -4.45. The Morgan fingerprint density at radius 2 is 1.69 bits per heavy atom. The van der Waals surface area contributed by atoms with Crippen LogP contribution in [0.25, 0.3) is 17.8 Å². The van der Waals surface area contributed by atoms with Crippen LogP contribution < -0.4 is 10.5 Å². The Bertz CT molecular complexity index is 1390. The molecule has 0 saturated carbocycles. The lowest BCUT2D eigenvalue weighted by Crippen LogP contribution is -2.29. The first-order chi connectivity index (χ1) is 17.2. The molecule has 4 aromatic rings. The van der Waals surface area contributed by atoms with Crippen molar-refractivity contribution < 1.29 is 9.53 Å². The van der Waals surface area contributed by atoms with Gasteiger partial charge >= 0.3 is 5.97 Å². The number of hydrogen-bond acceptors (Lipinski definition) is 5. The van der Waals surface area contributed by atoms with Gasteiger partial charge in [-0.1, -0.05) is 78.9 Å². The summed E-state index contributed by atoms with van der Waals surface area (Å²) in [6.07, 6.45) is 8.54. The van der Waals surface area contributed by atoms with E-state index >= 15 is 0 Å². The van der Waals surface area contributed by atoms with E-state index < -0.39 is 5.97 Å². The first-order valence-electron chi connectivity index (χ1n) is 11.5. The number of carbonyl (C=O) groups excluding carboxylic acids is 1. The van der Waals surface area contributed by atoms with E-state index in [0.29, 0.717) is 30.1 Å². The number of anilines is 1. The largest absolute Gasteiger partial charge is 0.463 e. The number of nitrogens with zero attached hydrogens (tertiary/aromatic N) is 3. The van der Waals surface area contributed by atoms with E-state index in [2.05, 4.69) is 0 Å². The van der Waals surface area contributed by atoms with Gasteiger partial charge in [0.25, 0.3) is 5.56 Å². The normalized spacial score (nSPS) is 11.3. The van der Waals surface area contributed by atoms with E-state index in [1.807, 2.05) is 83.8 Å². The average Bonchev–Trinajstić information content (AvgIpc) is 2.89. The van der Waals surface area contributed by atoms with E-state index in [1.54, 1.807) is 25.3 Å². The first-order valence-corrected chi connectivity index (χ1v) is 11.5. The first kappa shape index (κ1) is 23.7. The lowest BCUT2D eigenvalue weighted by atomic mass is 10.1. The second-order valence-electron chi connectivity index (χ2n) is 7.85. The van der Waals surface area contributed by atoms with Crippen LogP contribution in [-0.2, 0) is 16.1 Å². The smallest absolute Gasteiger partial charge is 0.330 e. The van der Waals surface area contributed by atoms with Gasteiger partial charge in [-0.2, -0.15) is 0 Å². The van der Waals surface area contributed by atoms with Crippen molar-refractivity contribution in [2.75, 3.05) is 18.1 Å². The van der Waals surface area contributed by atoms with Gasteiger partial charge in [0.2, 0.25) is 0 Å². The van der Waals surface area contributed by atoms with Crippen molar-refractivity contribution in [3.05, 3.63) is 124 Å². The van der Waals surface area contributed by atoms with Gasteiger partial charge in [0, 0.05) is 25.4 Å². The van der Waals surface area contributed by atoms with Gasteiger partial charge in [-0.15, -0.1) is 0 Å². The third-order valence-electron chi connectivity index (χ3n) is 5.37. The molecule has 0 radical (unpaired) electrons. The molecule has 176 valence electrons. The van der Waals surface area contributed by atoms with Crippen LogP contribution in [0.5, 0.6) is 0 Å². The Labute approximate surface area is 204 Å². The lowest BCUT2D eigenvalue weighted by molar-refractivity contribution is -0.137. The highest BCUT2D eigenvalue weighted by Crippen LogP contribution is 2.21. The van der Waals surface area contributed by atoms with Crippen molar-refractivity contribution in [1.29, 1.82) is 0 Å². The Morgan fingerprint density at radius 3 is 2.43 bits per heavy atom. The minimum atomic E-state index is -0.505. The monoisotopic (exact) mass is 465 g/mol. The third kappa shape index (κ3) is 6.12. The number of esters is 1. The maximum Gasteiger partial charge on any atom is 0.330 e. The van der Waals surface area contributed by atoms with Crippen molar-refractivity contribution in [3.8, 4) is 0 Å². The molecule has 0 unspecified atom stereocenters. The predicted octanol–water partition coefficient (Wildman–Crippen LogP) is 4.99. The van der Waals surface area contributed by atoms with E-state index in [9.17, 15) is 9.59 Å². The maximum absolute atomic E-state index is 13.4. The number of hydrogen-bond donors (Lipinski definition) is 0. The molecule has 0 aliphatic carbocycles. The van der Waals surface area contributed by atoms with Crippen LogP contribution in [0, 0.1) is 0 Å². The molecule has 2 heterocycles. The summed E-state index contributed by atoms with van der Waals surface area (Å²) >= 11 is 0. The van der Waals surface area contributed by atoms with Gasteiger partial charge in [-0.25, -0.2) is 9.78 Å². The number of fused-ring (bicyclic) bond motifs is 1. The fourth-order valence-corrected chi connectivity index (χ4v) is 3.73. The van der Waals surface area contributed by atoms with Gasteiger partial charge in [0.05, 0.1) is 12.2 Å². The highest BCUT2D eigenvalue weighted by Gasteiger charge is 2.17. The summed E-state index contributed by atoms with van der Waals surface area (Å²) in [5, 5.41) is 0. The molecule has 4 rings (SSSR count). The summed E-state index contributed by atoms with van der Waals surface area (Å²) in [6.45, 7) is 3.05. The molecule has 0 fully saturated rings. The number of ether oxygens (including phenoxy) is 1.